The summed E-state index contributed by atoms with van der Waals surface area (Å²) >= 11 is 5.69. The molecule has 1 atom stereocenters. The van der Waals surface area contributed by atoms with E-state index in [9.17, 15) is 10.2 Å². The maximum Gasteiger partial charge on any atom is 0.119 e. The molecule has 0 amide bonds. The number of hydrazine groups is 1. The third-order valence-corrected chi connectivity index (χ3v) is 5.77. The summed E-state index contributed by atoms with van der Waals surface area (Å²) in [7, 11) is 0. The molecule has 0 aliphatic heterocycles. The lowest BCUT2D eigenvalue weighted by Crippen LogP contribution is -2.41. The van der Waals surface area contributed by atoms with Gasteiger partial charge in [0.25, 0.3) is 0 Å². The van der Waals surface area contributed by atoms with Crippen LogP contribution in [0.5, 0.6) is 11.5 Å². The number of halogens is 1. The van der Waals surface area contributed by atoms with Gasteiger partial charge >= 0.3 is 0 Å². The maximum atomic E-state index is 10.2. The summed E-state index contributed by atoms with van der Waals surface area (Å²) in [5, 5.41) is 20.8. The molecule has 0 fully saturated rings. The summed E-state index contributed by atoms with van der Waals surface area (Å²) in [6.45, 7) is 6.42. The molecule has 0 aliphatic carbocycles. The molecule has 8 heteroatoms. The number of hydrogen-bond donors (Lipinski definition) is 4. The minimum atomic E-state index is -0.850. The Balaban J connectivity index is 1.95. The molecule has 33 heavy (non-hydrogen) atoms. The van der Waals surface area contributed by atoms with Crippen LogP contribution in [0.15, 0.2) is 59.9 Å². The lowest BCUT2D eigenvalue weighted by molar-refractivity contribution is 0.0741. The van der Waals surface area contributed by atoms with Gasteiger partial charge in [0.2, 0.25) is 0 Å². The number of rotatable bonds is 13. The van der Waals surface area contributed by atoms with Crippen molar-refractivity contribution in [3.8, 4) is 11.5 Å². The second kappa shape index (κ2) is 12.7. The minimum absolute atomic E-state index is 0.0595. The average Bonchev–Trinajstić information content (AvgIpc) is 2.78. The van der Waals surface area contributed by atoms with Crippen LogP contribution in [0.4, 0.5) is 0 Å². The van der Waals surface area contributed by atoms with Gasteiger partial charge in [-0.3, -0.25) is 0 Å². The second-order valence-electron chi connectivity index (χ2n) is 8.47. The molecule has 2 aromatic carbocycles. The number of aliphatic hydroxyl groups excluding tert-OH is 2. The molecule has 0 saturated heterocycles. The Labute approximate surface area is 201 Å². The molecule has 0 bridgehead atoms. The van der Waals surface area contributed by atoms with Crippen LogP contribution in [0.2, 0.25) is 0 Å². The van der Waals surface area contributed by atoms with Gasteiger partial charge in [-0.1, -0.05) is 38.1 Å². The Morgan fingerprint density at radius 1 is 1.03 bits per heavy atom. The van der Waals surface area contributed by atoms with E-state index >= 15 is 0 Å². The third kappa shape index (κ3) is 7.82. The number of benzene rings is 2. The monoisotopic (exact) mass is 477 g/mol. The quantitative estimate of drug-likeness (QED) is 0.152. The molecule has 0 aromatic heterocycles. The van der Waals surface area contributed by atoms with Crippen LogP contribution in [-0.2, 0) is 5.41 Å². The highest BCUT2D eigenvalue weighted by Gasteiger charge is 2.23. The van der Waals surface area contributed by atoms with Crippen LogP contribution >= 0.6 is 11.6 Å². The maximum absolute atomic E-state index is 10.2. The first kappa shape index (κ1) is 26.8. The lowest BCUT2D eigenvalue weighted by atomic mass is 9.78. The largest absolute Gasteiger partial charge is 0.494 e. The lowest BCUT2D eigenvalue weighted by Gasteiger charge is -2.27. The summed E-state index contributed by atoms with van der Waals surface area (Å²) < 4.78 is 11.4. The minimum Gasteiger partial charge on any atom is -0.494 e. The third-order valence-electron chi connectivity index (χ3n) is 5.50. The van der Waals surface area contributed by atoms with Crippen LogP contribution in [0, 0.1) is 0 Å². The van der Waals surface area contributed by atoms with Gasteiger partial charge in [0.15, 0.2) is 0 Å². The number of nitrogens with zero attached hydrogens (tertiary/aromatic N) is 1. The van der Waals surface area contributed by atoms with Gasteiger partial charge in [-0.05, 0) is 48.7 Å². The van der Waals surface area contributed by atoms with Crippen LogP contribution in [0.1, 0.15) is 38.3 Å². The average molecular weight is 478 g/mol. The molecule has 6 N–H and O–H groups in total. The first-order valence-electron chi connectivity index (χ1n) is 11.0. The van der Waals surface area contributed by atoms with Crippen molar-refractivity contribution in [1.29, 1.82) is 0 Å². The predicted molar refractivity (Wildman–Crippen MR) is 132 cm³/mol. The van der Waals surface area contributed by atoms with E-state index in [1.165, 1.54) is 10.6 Å². The molecular formula is C25H36ClN3O4. The molecule has 0 spiro atoms. The van der Waals surface area contributed by atoms with Gasteiger partial charge in [0.05, 0.1) is 25.5 Å². The van der Waals surface area contributed by atoms with Gasteiger partial charge in [-0.25, -0.2) is 5.84 Å². The van der Waals surface area contributed by atoms with E-state index < -0.39 is 6.10 Å². The molecule has 1 unspecified atom stereocenters. The predicted octanol–water partition coefficient (Wildman–Crippen LogP) is 3.12. The molecule has 0 saturated carbocycles. The van der Waals surface area contributed by atoms with E-state index in [4.69, 9.17) is 32.7 Å². The Kier molecular flexibility index (Phi) is 10.3. The van der Waals surface area contributed by atoms with E-state index in [0.29, 0.717) is 29.6 Å². The molecule has 182 valence electrons. The first-order chi connectivity index (χ1) is 15.7. The Morgan fingerprint density at radius 2 is 1.55 bits per heavy atom. The fourth-order valence-corrected chi connectivity index (χ4v) is 3.48. The van der Waals surface area contributed by atoms with E-state index in [0.717, 1.165) is 17.7 Å². The van der Waals surface area contributed by atoms with Crippen molar-refractivity contribution in [3.05, 3.63) is 71.1 Å². The molecule has 0 heterocycles. The molecule has 2 aromatic rings. The highest BCUT2D eigenvalue weighted by atomic mass is 35.5. The van der Waals surface area contributed by atoms with Crippen molar-refractivity contribution in [2.45, 2.75) is 38.7 Å². The normalized spacial score (nSPS) is 13.3. The smallest absolute Gasteiger partial charge is 0.119 e. The van der Waals surface area contributed by atoms with Gasteiger partial charge in [0, 0.05) is 17.0 Å². The molecule has 7 nitrogen and oxygen atoms in total. The van der Waals surface area contributed by atoms with Crippen molar-refractivity contribution in [2.24, 2.45) is 11.6 Å². The summed E-state index contributed by atoms with van der Waals surface area (Å²) in [6.07, 6.45) is -0.0315. The van der Waals surface area contributed by atoms with Crippen LogP contribution in [0.25, 0.3) is 0 Å². The second-order valence-corrected chi connectivity index (χ2v) is 8.85. The summed E-state index contributed by atoms with van der Waals surface area (Å²) in [5.41, 5.74) is 8.55. The van der Waals surface area contributed by atoms with Gasteiger partial charge in [0.1, 0.15) is 24.2 Å². The van der Waals surface area contributed by atoms with E-state index in [1.54, 1.807) is 6.92 Å². The first-order valence-corrected chi connectivity index (χ1v) is 11.5. The van der Waals surface area contributed by atoms with Crippen LogP contribution in [-0.4, -0.2) is 53.6 Å². The fourth-order valence-electron chi connectivity index (χ4n) is 3.37. The Bertz CT molecular complexity index is 882. The number of aliphatic hydroxyl groups is 2. The zero-order valence-electron chi connectivity index (χ0n) is 19.6. The van der Waals surface area contributed by atoms with E-state index in [-0.39, 0.29) is 25.2 Å². The zero-order chi connectivity index (χ0) is 24.4. The van der Waals surface area contributed by atoms with Gasteiger partial charge < -0.3 is 30.4 Å². The Hall–Kier alpha value is -2.45. The fraction of sp³-hybridized carbons (Fsp3) is 0.440. The highest BCUT2D eigenvalue weighted by Crippen LogP contribution is 2.33. The van der Waals surface area contributed by atoms with Crippen molar-refractivity contribution < 1.29 is 19.7 Å². The number of hydrogen-bond acceptors (Lipinski definition) is 7. The van der Waals surface area contributed by atoms with E-state index in [1.807, 2.05) is 36.4 Å². The molecular weight excluding hydrogens is 442 g/mol. The van der Waals surface area contributed by atoms with Gasteiger partial charge in [-0.15, -0.1) is 11.6 Å². The highest BCUT2D eigenvalue weighted by molar-refractivity contribution is 6.17. The van der Waals surface area contributed by atoms with Crippen LogP contribution in [0.3, 0.4) is 0 Å². The summed E-state index contributed by atoms with van der Waals surface area (Å²) in [5.74, 6) is 7.94. The van der Waals surface area contributed by atoms with Gasteiger partial charge in [-0.2, -0.15) is 0 Å². The summed E-state index contributed by atoms with van der Waals surface area (Å²) in [6, 6.07) is 15.9. The number of allylic oxidation sites excluding steroid dienone is 1. The SMILES string of the molecule is C/C(N)=C(\CO)N(N)CC(O)COc1ccc(C(C)(C)c2ccc(OCCCCl)cc2)cc1. The molecule has 0 aliphatic rings. The van der Waals surface area contributed by atoms with Crippen molar-refractivity contribution in [2.75, 3.05) is 32.2 Å². The number of ether oxygens (including phenoxy) is 2. The number of alkyl halides is 1. The molecule has 0 radical (unpaired) electrons. The summed E-state index contributed by atoms with van der Waals surface area (Å²) in [4.78, 5) is 0. The van der Waals surface area contributed by atoms with Crippen molar-refractivity contribution >= 4 is 11.6 Å². The standard InChI is InChI=1S/C25H36ClN3O4/c1-18(27)24(16-30)29(28)15-21(31)17-33-23-11-7-20(8-12-23)25(2,3)19-5-9-22(10-6-19)32-14-4-13-26/h5-12,21,30-31H,4,13-17,27-28H2,1-3H3/b24-18-. The van der Waals surface area contributed by atoms with Crippen LogP contribution < -0.4 is 21.1 Å². The van der Waals surface area contributed by atoms with Crippen molar-refractivity contribution in [3.63, 3.8) is 0 Å². The Morgan fingerprint density at radius 3 is 2.00 bits per heavy atom. The number of nitrogens with two attached hydrogens (primary N) is 2. The van der Waals surface area contributed by atoms with E-state index in [2.05, 4.69) is 26.0 Å². The topological polar surface area (TPSA) is 114 Å². The molecule has 2 rings (SSSR count). The zero-order valence-corrected chi connectivity index (χ0v) is 20.4. The van der Waals surface area contributed by atoms with Crippen molar-refractivity contribution in [1.82, 2.24) is 5.01 Å².